The van der Waals surface area contributed by atoms with E-state index in [2.05, 4.69) is 30.0 Å². The quantitative estimate of drug-likeness (QED) is 0.563. The predicted molar refractivity (Wildman–Crippen MR) is 83.7 cm³/mol. The van der Waals surface area contributed by atoms with E-state index >= 15 is 0 Å². The van der Waals surface area contributed by atoms with E-state index in [1.54, 1.807) is 18.3 Å². The second kappa shape index (κ2) is 6.61. The van der Waals surface area contributed by atoms with Gasteiger partial charge in [0.1, 0.15) is 11.3 Å². The molecule has 0 aliphatic heterocycles. The van der Waals surface area contributed by atoms with Gasteiger partial charge in [-0.25, -0.2) is 19.2 Å². The summed E-state index contributed by atoms with van der Waals surface area (Å²) in [6, 6.07) is 6.26. The summed E-state index contributed by atoms with van der Waals surface area (Å²) in [5.41, 5.74) is 2.01. The summed E-state index contributed by atoms with van der Waals surface area (Å²) in [5.74, 6) is 0.587. The van der Waals surface area contributed by atoms with Gasteiger partial charge in [0.15, 0.2) is 10.8 Å². The average molecular weight is 333 g/mol. The van der Waals surface area contributed by atoms with Crippen LogP contribution in [-0.2, 0) is 10.5 Å². The molecule has 1 amide bonds. The molecule has 118 valence electrons. The fourth-order valence-electron chi connectivity index (χ4n) is 1.80. The Morgan fingerprint density at radius 3 is 2.87 bits per heavy atom. The fraction of sp³-hybridized carbons (Fsp3) is 0.143. The van der Waals surface area contributed by atoms with Gasteiger partial charge in [-0.15, -0.1) is 0 Å². The van der Waals surface area contributed by atoms with E-state index in [0.29, 0.717) is 22.1 Å². The Bertz CT molecular complexity index is 837. The number of benzene rings is 1. The fourth-order valence-corrected chi connectivity index (χ4v) is 2.56. The molecule has 9 heteroatoms. The Balaban J connectivity index is 1.71. The van der Waals surface area contributed by atoms with Gasteiger partial charge in [-0.05, 0) is 17.7 Å². The number of carbonyl (C=O) groups excluding carboxylic acids is 1. The molecule has 0 aliphatic rings. The summed E-state index contributed by atoms with van der Waals surface area (Å²) in [7, 11) is 1.27. The number of hydrogen-bond acceptors (Lipinski definition) is 6. The van der Waals surface area contributed by atoms with Crippen LogP contribution >= 0.6 is 11.8 Å². The number of imidazole rings is 1. The van der Waals surface area contributed by atoms with E-state index in [1.165, 1.54) is 31.0 Å². The number of aromatic nitrogens is 4. The highest BCUT2D eigenvalue weighted by molar-refractivity contribution is 7.98. The molecule has 2 heterocycles. The molecule has 1 aromatic carbocycles. The van der Waals surface area contributed by atoms with Gasteiger partial charge in [0.25, 0.3) is 0 Å². The predicted octanol–water partition coefficient (Wildman–Crippen LogP) is 2.96. The van der Waals surface area contributed by atoms with Crippen LogP contribution in [0.25, 0.3) is 11.2 Å². The standard InChI is InChI=1S/C14H12FN5O2S/c1-22-14(21)20-12-17-10-6-16-13(19-11(10)18-12)23-7-8-2-4-9(15)5-3-8/h2-6H,7H2,1H3,(H2,16,17,18,19,20,21). The third-order valence-electron chi connectivity index (χ3n) is 2.90. The third kappa shape index (κ3) is 3.75. The van der Waals surface area contributed by atoms with Gasteiger partial charge in [-0.3, -0.25) is 5.32 Å². The molecule has 0 atom stereocenters. The molecule has 2 aromatic heterocycles. The number of halogens is 1. The molecule has 3 rings (SSSR count). The molecular weight excluding hydrogens is 321 g/mol. The average Bonchev–Trinajstić information content (AvgIpc) is 2.95. The molecular formula is C14H12FN5O2S. The lowest BCUT2D eigenvalue weighted by molar-refractivity contribution is 0.186. The monoisotopic (exact) mass is 333 g/mol. The van der Waals surface area contributed by atoms with E-state index < -0.39 is 6.09 Å². The minimum Gasteiger partial charge on any atom is -0.453 e. The number of rotatable bonds is 4. The summed E-state index contributed by atoms with van der Waals surface area (Å²) in [5, 5.41) is 2.97. The smallest absolute Gasteiger partial charge is 0.413 e. The summed E-state index contributed by atoms with van der Waals surface area (Å²) in [6.07, 6.45) is 0.966. The lowest BCUT2D eigenvalue weighted by Gasteiger charge is -2.00. The van der Waals surface area contributed by atoms with Crippen LogP contribution < -0.4 is 5.32 Å². The zero-order chi connectivity index (χ0) is 16.2. The van der Waals surface area contributed by atoms with Crippen LogP contribution in [0.1, 0.15) is 5.56 Å². The lowest BCUT2D eigenvalue weighted by atomic mass is 10.2. The van der Waals surface area contributed by atoms with E-state index in [0.717, 1.165) is 5.56 Å². The van der Waals surface area contributed by atoms with Gasteiger partial charge in [0.05, 0.1) is 13.3 Å². The molecule has 2 N–H and O–H groups in total. The highest BCUT2D eigenvalue weighted by Crippen LogP contribution is 2.21. The van der Waals surface area contributed by atoms with Crippen molar-refractivity contribution >= 4 is 35.0 Å². The normalized spacial score (nSPS) is 10.7. The maximum Gasteiger partial charge on any atom is 0.413 e. The first-order chi connectivity index (χ1) is 11.1. The Morgan fingerprint density at radius 2 is 2.13 bits per heavy atom. The Labute approximate surface area is 134 Å². The van der Waals surface area contributed by atoms with Crippen molar-refractivity contribution in [3.05, 3.63) is 41.8 Å². The number of ether oxygens (including phenoxy) is 1. The molecule has 0 bridgehead atoms. The first kappa shape index (κ1) is 15.2. The lowest BCUT2D eigenvalue weighted by Crippen LogP contribution is -2.11. The van der Waals surface area contributed by atoms with Crippen LogP contribution in [-0.4, -0.2) is 33.1 Å². The van der Waals surface area contributed by atoms with Crippen molar-refractivity contribution in [2.45, 2.75) is 10.9 Å². The van der Waals surface area contributed by atoms with Gasteiger partial charge >= 0.3 is 6.09 Å². The minimum absolute atomic E-state index is 0.238. The van der Waals surface area contributed by atoms with Gasteiger partial charge in [-0.2, -0.15) is 4.98 Å². The van der Waals surface area contributed by atoms with Crippen LogP contribution in [0.15, 0.2) is 35.6 Å². The van der Waals surface area contributed by atoms with E-state index in [1.807, 2.05) is 0 Å². The maximum atomic E-state index is 12.9. The molecule has 7 nitrogen and oxygen atoms in total. The number of nitrogens with zero attached hydrogens (tertiary/aromatic N) is 3. The second-order valence-electron chi connectivity index (χ2n) is 4.51. The van der Waals surface area contributed by atoms with Crippen molar-refractivity contribution in [3.63, 3.8) is 0 Å². The van der Waals surface area contributed by atoms with Crippen molar-refractivity contribution in [1.29, 1.82) is 0 Å². The van der Waals surface area contributed by atoms with Crippen molar-refractivity contribution in [3.8, 4) is 0 Å². The first-order valence-corrected chi connectivity index (χ1v) is 7.57. The topological polar surface area (TPSA) is 92.8 Å². The van der Waals surface area contributed by atoms with E-state index in [-0.39, 0.29) is 11.8 Å². The number of anilines is 1. The van der Waals surface area contributed by atoms with Crippen molar-refractivity contribution in [1.82, 2.24) is 19.9 Å². The Morgan fingerprint density at radius 1 is 1.35 bits per heavy atom. The first-order valence-electron chi connectivity index (χ1n) is 6.59. The number of thioether (sulfide) groups is 1. The van der Waals surface area contributed by atoms with Gasteiger partial charge in [0, 0.05) is 5.75 Å². The van der Waals surface area contributed by atoms with Crippen LogP contribution in [0.3, 0.4) is 0 Å². The number of methoxy groups -OCH3 is 1. The second-order valence-corrected chi connectivity index (χ2v) is 5.45. The number of carbonyl (C=O) groups is 1. The van der Waals surface area contributed by atoms with Crippen molar-refractivity contribution in [2.75, 3.05) is 12.4 Å². The third-order valence-corrected chi connectivity index (χ3v) is 3.84. The molecule has 23 heavy (non-hydrogen) atoms. The molecule has 0 saturated heterocycles. The minimum atomic E-state index is -0.622. The van der Waals surface area contributed by atoms with Crippen molar-refractivity contribution in [2.24, 2.45) is 0 Å². The van der Waals surface area contributed by atoms with Crippen LogP contribution in [0.2, 0.25) is 0 Å². The SMILES string of the molecule is COC(=O)Nc1nc2nc(SCc3ccc(F)cc3)ncc2[nH]1. The van der Waals surface area contributed by atoms with Gasteiger partial charge in [0.2, 0.25) is 5.95 Å². The largest absolute Gasteiger partial charge is 0.453 e. The summed E-state index contributed by atoms with van der Waals surface area (Å²) < 4.78 is 17.4. The molecule has 3 aromatic rings. The van der Waals surface area contributed by atoms with E-state index in [4.69, 9.17) is 0 Å². The number of aromatic amines is 1. The highest BCUT2D eigenvalue weighted by Gasteiger charge is 2.09. The molecule has 0 fully saturated rings. The number of H-pyrrole nitrogens is 1. The molecule has 0 spiro atoms. The summed E-state index contributed by atoms with van der Waals surface area (Å²) >= 11 is 1.41. The number of hydrogen-bond donors (Lipinski definition) is 2. The van der Waals surface area contributed by atoms with Crippen LogP contribution in [0, 0.1) is 5.82 Å². The van der Waals surface area contributed by atoms with E-state index in [9.17, 15) is 9.18 Å². The van der Waals surface area contributed by atoms with Crippen LogP contribution in [0.4, 0.5) is 15.1 Å². The van der Waals surface area contributed by atoms with Crippen LogP contribution in [0.5, 0.6) is 0 Å². The summed E-state index contributed by atoms with van der Waals surface area (Å²) in [4.78, 5) is 26.7. The molecule has 0 radical (unpaired) electrons. The number of nitrogens with one attached hydrogen (secondary N) is 2. The zero-order valence-corrected chi connectivity index (χ0v) is 12.9. The number of amides is 1. The molecule has 0 saturated carbocycles. The summed E-state index contributed by atoms with van der Waals surface area (Å²) in [6.45, 7) is 0. The van der Waals surface area contributed by atoms with Crippen molar-refractivity contribution < 1.29 is 13.9 Å². The molecule has 0 unspecified atom stereocenters. The zero-order valence-electron chi connectivity index (χ0n) is 12.0. The van der Waals surface area contributed by atoms with Gasteiger partial charge < -0.3 is 9.72 Å². The molecule has 0 aliphatic carbocycles. The number of fused-ring (bicyclic) bond motifs is 1. The highest BCUT2D eigenvalue weighted by atomic mass is 32.2. The Kier molecular flexibility index (Phi) is 4.38. The van der Waals surface area contributed by atoms with Gasteiger partial charge in [-0.1, -0.05) is 23.9 Å². The maximum absolute atomic E-state index is 12.9. The Hall–Kier alpha value is -2.68.